The van der Waals surface area contributed by atoms with Gasteiger partial charge in [-0.1, -0.05) is 6.07 Å². The Morgan fingerprint density at radius 3 is 2.40 bits per heavy atom. The molecule has 0 fully saturated rings. The summed E-state index contributed by atoms with van der Waals surface area (Å²) in [5.74, 6) is 4.21. The van der Waals surface area contributed by atoms with E-state index in [0.717, 1.165) is 0 Å². The Bertz CT molecular complexity index is 592. The van der Waals surface area contributed by atoms with E-state index in [1.165, 1.54) is 18.2 Å². The van der Waals surface area contributed by atoms with Crippen molar-refractivity contribution in [1.29, 1.82) is 0 Å². The van der Waals surface area contributed by atoms with E-state index in [1.807, 2.05) is 13.8 Å². The molecule has 1 unspecified atom stereocenters. The third kappa shape index (κ3) is 2.61. The summed E-state index contributed by atoms with van der Waals surface area (Å²) in [6.07, 6.45) is 1.58. The van der Waals surface area contributed by atoms with Gasteiger partial charge in [0, 0.05) is 11.6 Å². The molecule has 1 aromatic carbocycles. The number of nitrogens with two attached hydrogens (primary N) is 1. The number of benzene rings is 1. The van der Waals surface area contributed by atoms with E-state index in [4.69, 9.17) is 5.84 Å². The van der Waals surface area contributed by atoms with Crippen molar-refractivity contribution in [2.24, 2.45) is 5.84 Å². The molecule has 0 saturated carbocycles. The zero-order valence-electron chi connectivity index (χ0n) is 11.1. The third-order valence-corrected chi connectivity index (χ3v) is 3.62. The van der Waals surface area contributed by atoms with Gasteiger partial charge in [-0.2, -0.15) is 5.10 Å². The maximum Gasteiger partial charge on any atom is 0.131 e. The molecule has 2 rings (SSSR count). The lowest BCUT2D eigenvalue weighted by Gasteiger charge is -2.21. The first-order chi connectivity index (χ1) is 9.47. The minimum Gasteiger partial charge on any atom is -0.271 e. The second kappa shape index (κ2) is 5.99. The summed E-state index contributed by atoms with van der Waals surface area (Å²) in [6, 6.07) is 2.91. The molecule has 4 nitrogen and oxygen atoms in total. The van der Waals surface area contributed by atoms with Gasteiger partial charge in [-0.05, 0) is 41.9 Å². The van der Waals surface area contributed by atoms with Crippen LogP contribution < -0.4 is 11.3 Å². The zero-order valence-corrected chi connectivity index (χ0v) is 12.7. The minimum absolute atomic E-state index is 0.0296. The number of hydrogen-bond acceptors (Lipinski definition) is 3. The molecule has 0 aliphatic carbocycles. The predicted molar refractivity (Wildman–Crippen MR) is 75.8 cm³/mol. The lowest BCUT2D eigenvalue weighted by atomic mass is 10.0. The summed E-state index contributed by atoms with van der Waals surface area (Å²) >= 11 is 3.35. The third-order valence-electron chi connectivity index (χ3n) is 3.00. The first kappa shape index (κ1) is 15.1. The van der Waals surface area contributed by atoms with Gasteiger partial charge >= 0.3 is 0 Å². The number of hydrogen-bond donors (Lipinski definition) is 2. The summed E-state index contributed by atoms with van der Waals surface area (Å²) < 4.78 is 30.2. The molecule has 0 radical (unpaired) electrons. The summed E-state index contributed by atoms with van der Waals surface area (Å²) in [5, 5.41) is 4.20. The average Bonchev–Trinajstić information content (AvgIpc) is 2.76. The average molecular weight is 345 g/mol. The molecule has 0 saturated heterocycles. The molecule has 20 heavy (non-hydrogen) atoms. The van der Waals surface area contributed by atoms with Crippen molar-refractivity contribution in [1.82, 2.24) is 15.2 Å². The van der Waals surface area contributed by atoms with Crippen LogP contribution in [-0.2, 0) is 0 Å². The van der Waals surface area contributed by atoms with Gasteiger partial charge in [0.25, 0.3) is 0 Å². The second-order valence-corrected chi connectivity index (χ2v) is 5.51. The van der Waals surface area contributed by atoms with E-state index in [1.54, 1.807) is 10.9 Å². The SMILES string of the molecule is CC(C)n1ncc(Br)c1C(NN)c1c(F)cccc1F. The van der Waals surface area contributed by atoms with Gasteiger partial charge in [0.2, 0.25) is 0 Å². The van der Waals surface area contributed by atoms with E-state index in [2.05, 4.69) is 26.5 Å². The number of halogens is 3. The Morgan fingerprint density at radius 2 is 1.90 bits per heavy atom. The first-order valence-corrected chi connectivity index (χ1v) is 6.89. The van der Waals surface area contributed by atoms with Gasteiger partial charge in [0.15, 0.2) is 0 Å². The highest BCUT2D eigenvalue weighted by Crippen LogP contribution is 2.32. The van der Waals surface area contributed by atoms with Crippen molar-refractivity contribution >= 4 is 15.9 Å². The fourth-order valence-electron chi connectivity index (χ4n) is 2.12. The molecular formula is C13H15BrF2N4. The largest absolute Gasteiger partial charge is 0.271 e. The molecule has 108 valence electrons. The van der Waals surface area contributed by atoms with Crippen molar-refractivity contribution < 1.29 is 8.78 Å². The van der Waals surface area contributed by atoms with Gasteiger partial charge in [-0.25, -0.2) is 14.2 Å². The fourth-order valence-corrected chi connectivity index (χ4v) is 2.62. The summed E-state index contributed by atoms with van der Waals surface area (Å²) in [5.41, 5.74) is 2.92. The molecular weight excluding hydrogens is 330 g/mol. The molecule has 7 heteroatoms. The summed E-state index contributed by atoms with van der Waals surface area (Å²) in [7, 11) is 0. The zero-order chi connectivity index (χ0) is 14.9. The van der Waals surface area contributed by atoms with Crippen LogP contribution in [0.1, 0.15) is 37.2 Å². The number of hydrazine groups is 1. The van der Waals surface area contributed by atoms with Gasteiger partial charge in [0.05, 0.1) is 22.4 Å². The van der Waals surface area contributed by atoms with Crippen molar-refractivity contribution in [2.75, 3.05) is 0 Å². The van der Waals surface area contributed by atoms with E-state index < -0.39 is 17.7 Å². The Kier molecular flexibility index (Phi) is 4.52. The molecule has 0 spiro atoms. The molecule has 0 aliphatic rings. The van der Waals surface area contributed by atoms with Crippen LogP contribution >= 0.6 is 15.9 Å². The van der Waals surface area contributed by atoms with Gasteiger partial charge in [-0.15, -0.1) is 0 Å². The van der Waals surface area contributed by atoms with Crippen LogP contribution in [0.4, 0.5) is 8.78 Å². The number of rotatable bonds is 4. The van der Waals surface area contributed by atoms with Crippen LogP contribution in [0.15, 0.2) is 28.9 Å². The van der Waals surface area contributed by atoms with Crippen LogP contribution in [0.3, 0.4) is 0 Å². The van der Waals surface area contributed by atoms with Gasteiger partial charge < -0.3 is 0 Å². The lowest BCUT2D eigenvalue weighted by Crippen LogP contribution is -2.32. The lowest BCUT2D eigenvalue weighted by molar-refractivity contribution is 0.452. The van der Waals surface area contributed by atoms with Crippen LogP contribution in [0, 0.1) is 11.6 Å². The van der Waals surface area contributed by atoms with Crippen LogP contribution in [0.5, 0.6) is 0 Å². The topological polar surface area (TPSA) is 55.9 Å². The number of aromatic nitrogens is 2. The maximum absolute atomic E-state index is 14.0. The minimum atomic E-state index is -0.838. The van der Waals surface area contributed by atoms with Gasteiger partial charge in [0.1, 0.15) is 11.6 Å². The molecule has 0 amide bonds. The normalized spacial score (nSPS) is 12.9. The van der Waals surface area contributed by atoms with Crippen LogP contribution in [0.2, 0.25) is 0 Å². The molecule has 1 aromatic heterocycles. The summed E-state index contributed by atoms with van der Waals surface area (Å²) in [4.78, 5) is 0. The van der Waals surface area contributed by atoms with E-state index in [0.29, 0.717) is 10.2 Å². The second-order valence-electron chi connectivity index (χ2n) is 4.65. The summed E-state index contributed by atoms with van der Waals surface area (Å²) in [6.45, 7) is 3.85. The van der Waals surface area contributed by atoms with Crippen LogP contribution in [-0.4, -0.2) is 9.78 Å². The van der Waals surface area contributed by atoms with Gasteiger partial charge in [-0.3, -0.25) is 10.5 Å². The standard InChI is InChI=1S/C13H15BrF2N4/c1-7(2)20-13(8(14)6-18-20)12(19-17)11-9(15)4-3-5-10(11)16/h3-7,12,19H,17H2,1-2H3. The van der Waals surface area contributed by atoms with Crippen molar-refractivity contribution in [3.05, 3.63) is 51.8 Å². The van der Waals surface area contributed by atoms with Crippen molar-refractivity contribution in [3.63, 3.8) is 0 Å². The molecule has 1 atom stereocenters. The Hall–Kier alpha value is -1.31. The van der Waals surface area contributed by atoms with Crippen LogP contribution in [0.25, 0.3) is 0 Å². The molecule has 0 bridgehead atoms. The quantitative estimate of drug-likeness (QED) is 0.662. The molecule has 0 aliphatic heterocycles. The van der Waals surface area contributed by atoms with E-state index in [9.17, 15) is 8.78 Å². The van der Waals surface area contributed by atoms with E-state index in [-0.39, 0.29) is 11.6 Å². The predicted octanol–water partition coefficient (Wildman–Crippen LogP) is 3.06. The first-order valence-electron chi connectivity index (χ1n) is 6.10. The highest BCUT2D eigenvalue weighted by molar-refractivity contribution is 9.10. The highest BCUT2D eigenvalue weighted by atomic mass is 79.9. The maximum atomic E-state index is 14.0. The molecule has 3 N–H and O–H groups in total. The number of nitrogens with zero attached hydrogens (tertiary/aromatic N) is 2. The highest BCUT2D eigenvalue weighted by Gasteiger charge is 2.27. The van der Waals surface area contributed by atoms with Crippen molar-refractivity contribution in [2.45, 2.75) is 25.9 Å². The Labute approximate surface area is 124 Å². The van der Waals surface area contributed by atoms with Crippen molar-refractivity contribution in [3.8, 4) is 0 Å². The number of nitrogens with one attached hydrogen (secondary N) is 1. The molecule has 2 aromatic rings. The molecule has 1 heterocycles. The fraction of sp³-hybridized carbons (Fsp3) is 0.308. The smallest absolute Gasteiger partial charge is 0.131 e. The monoisotopic (exact) mass is 344 g/mol. The Balaban J connectivity index is 2.62. The van der Waals surface area contributed by atoms with E-state index >= 15 is 0 Å². The Morgan fingerprint density at radius 1 is 1.30 bits per heavy atom.